The van der Waals surface area contributed by atoms with E-state index in [4.69, 9.17) is 5.73 Å². The Labute approximate surface area is 264 Å². The molecule has 5 rings (SSSR count). The number of nitrogens with one attached hydrogen (secondary N) is 3. The van der Waals surface area contributed by atoms with E-state index in [-0.39, 0.29) is 17.2 Å². The summed E-state index contributed by atoms with van der Waals surface area (Å²) in [6.45, 7) is 1.75. The molecule has 1 atom stereocenters. The van der Waals surface area contributed by atoms with Crippen LogP contribution in [0.4, 0.5) is 11.4 Å². The molecule has 5 aromatic rings. The number of thioether (sulfide) groups is 1. The molecule has 0 aliphatic carbocycles. The normalized spacial score (nSPS) is 11.8. The number of amides is 4. The largest absolute Gasteiger partial charge is 0.366 e. The van der Waals surface area contributed by atoms with Crippen molar-refractivity contribution in [2.75, 3.05) is 10.6 Å². The van der Waals surface area contributed by atoms with Crippen molar-refractivity contribution in [3.63, 3.8) is 0 Å². The standard InChI is InChI=1S/C36H30N4O4S/c1-23(34(42)39-31-17-8-7-16-30(31)33(37)41)45-28-20-18-27(19-21-28)38-36(44)32(40-35(43)25-11-3-2-4-12-25)22-26-14-9-13-24-10-5-6-15-29(24)26/h2-23H,1H3,(H2,37,41)(H,38,44)(H,39,42)(H,40,43)/b32-22-. The molecule has 45 heavy (non-hydrogen) atoms. The van der Waals surface area contributed by atoms with Crippen molar-refractivity contribution >= 4 is 63.6 Å². The highest BCUT2D eigenvalue weighted by atomic mass is 32.2. The van der Waals surface area contributed by atoms with Gasteiger partial charge in [0, 0.05) is 16.1 Å². The Bertz CT molecular complexity index is 1900. The minimum atomic E-state index is -0.626. The molecule has 0 aromatic heterocycles. The summed E-state index contributed by atoms with van der Waals surface area (Å²) in [5, 5.41) is 9.87. The van der Waals surface area contributed by atoms with Crippen molar-refractivity contribution in [1.82, 2.24) is 5.32 Å². The van der Waals surface area contributed by atoms with Gasteiger partial charge in [-0.25, -0.2) is 0 Å². The number of carbonyl (C=O) groups is 4. The number of nitrogens with two attached hydrogens (primary N) is 1. The van der Waals surface area contributed by atoms with Crippen LogP contribution >= 0.6 is 11.8 Å². The average Bonchev–Trinajstić information content (AvgIpc) is 3.06. The summed E-state index contributed by atoms with van der Waals surface area (Å²) in [6, 6.07) is 35.9. The molecule has 0 aliphatic heterocycles. The van der Waals surface area contributed by atoms with Gasteiger partial charge in [0.15, 0.2) is 0 Å². The van der Waals surface area contributed by atoms with Gasteiger partial charge in [-0.05, 0) is 77.9 Å². The first-order chi connectivity index (χ1) is 21.8. The van der Waals surface area contributed by atoms with Crippen LogP contribution in [-0.4, -0.2) is 28.9 Å². The number of rotatable bonds is 10. The molecule has 5 aromatic carbocycles. The highest BCUT2D eigenvalue weighted by Gasteiger charge is 2.18. The van der Waals surface area contributed by atoms with Crippen molar-refractivity contribution < 1.29 is 19.2 Å². The Balaban J connectivity index is 1.30. The molecule has 0 bridgehead atoms. The van der Waals surface area contributed by atoms with Crippen molar-refractivity contribution in [1.29, 1.82) is 0 Å². The number of carbonyl (C=O) groups excluding carboxylic acids is 4. The van der Waals surface area contributed by atoms with Gasteiger partial charge in [0.05, 0.1) is 16.5 Å². The van der Waals surface area contributed by atoms with Crippen LogP contribution in [0.5, 0.6) is 0 Å². The molecule has 9 heteroatoms. The highest BCUT2D eigenvalue weighted by Crippen LogP contribution is 2.27. The number of primary amides is 1. The quantitative estimate of drug-likeness (QED) is 0.106. The Hall–Kier alpha value is -5.67. The molecule has 5 N–H and O–H groups in total. The van der Waals surface area contributed by atoms with Crippen molar-refractivity contribution in [3.8, 4) is 0 Å². The highest BCUT2D eigenvalue weighted by molar-refractivity contribution is 8.00. The molecule has 0 saturated carbocycles. The van der Waals surface area contributed by atoms with Gasteiger partial charge in [-0.15, -0.1) is 11.8 Å². The first-order valence-electron chi connectivity index (χ1n) is 14.1. The maximum absolute atomic E-state index is 13.5. The fourth-order valence-corrected chi connectivity index (χ4v) is 5.46. The van der Waals surface area contributed by atoms with Crippen LogP contribution in [0.2, 0.25) is 0 Å². The van der Waals surface area contributed by atoms with E-state index in [9.17, 15) is 19.2 Å². The fourth-order valence-electron chi connectivity index (χ4n) is 4.59. The lowest BCUT2D eigenvalue weighted by atomic mass is 10.0. The zero-order chi connectivity index (χ0) is 31.8. The second-order valence-corrected chi connectivity index (χ2v) is 11.5. The van der Waals surface area contributed by atoms with E-state index in [1.807, 2.05) is 48.5 Å². The van der Waals surface area contributed by atoms with Gasteiger partial charge < -0.3 is 21.7 Å². The van der Waals surface area contributed by atoms with Gasteiger partial charge in [-0.3, -0.25) is 19.2 Å². The van der Waals surface area contributed by atoms with Crippen molar-refractivity contribution in [2.24, 2.45) is 5.73 Å². The van der Waals surface area contributed by atoms with E-state index in [0.29, 0.717) is 16.9 Å². The SMILES string of the molecule is CC(Sc1ccc(NC(=O)/C(=C/c2cccc3ccccc23)NC(=O)c2ccccc2)cc1)C(=O)Nc1ccccc1C(N)=O. The lowest BCUT2D eigenvalue weighted by Crippen LogP contribution is -2.30. The Morgan fingerprint density at radius 3 is 2.16 bits per heavy atom. The molecule has 0 aliphatic rings. The molecule has 0 fully saturated rings. The molecule has 1 unspecified atom stereocenters. The molecule has 0 heterocycles. The van der Waals surface area contributed by atoms with Gasteiger partial charge in [0.25, 0.3) is 17.7 Å². The van der Waals surface area contributed by atoms with E-state index in [2.05, 4.69) is 16.0 Å². The summed E-state index contributed by atoms with van der Waals surface area (Å²) in [4.78, 5) is 51.9. The Morgan fingerprint density at radius 2 is 1.40 bits per heavy atom. The summed E-state index contributed by atoms with van der Waals surface area (Å²) in [5.74, 6) is -1.81. The molecule has 0 spiro atoms. The van der Waals surface area contributed by atoms with E-state index >= 15 is 0 Å². The average molecular weight is 615 g/mol. The zero-order valence-electron chi connectivity index (χ0n) is 24.3. The van der Waals surface area contributed by atoms with Gasteiger partial charge in [-0.2, -0.15) is 0 Å². The van der Waals surface area contributed by atoms with Crippen LogP contribution in [-0.2, 0) is 9.59 Å². The van der Waals surface area contributed by atoms with Crippen molar-refractivity contribution in [2.45, 2.75) is 17.1 Å². The number of hydrogen-bond donors (Lipinski definition) is 4. The second-order valence-electron chi connectivity index (χ2n) is 10.1. The van der Waals surface area contributed by atoms with Crippen LogP contribution in [0.25, 0.3) is 16.8 Å². The number of fused-ring (bicyclic) bond motifs is 1. The molecule has 224 valence electrons. The van der Waals surface area contributed by atoms with Crippen LogP contribution in [0.3, 0.4) is 0 Å². The summed E-state index contributed by atoms with van der Waals surface area (Å²) in [7, 11) is 0. The summed E-state index contributed by atoms with van der Waals surface area (Å²) < 4.78 is 0. The summed E-state index contributed by atoms with van der Waals surface area (Å²) in [6.07, 6.45) is 1.67. The molecule has 8 nitrogen and oxygen atoms in total. The second kappa shape index (κ2) is 14.2. The number of para-hydroxylation sites is 1. The Morgan fingerprint density at radius 1 is 0.733 bits per heavy atom. The third kappa shape index (κ3) is 7.84. The van der Waals surface area contributed by atoms with E-state index in [1.165, 1.54) is 11.8 Å². The van der Waals surface area contributed by atoms with Crippen LogP contribution in [0.1, 0.15) is 33.2 Å². The van der Waals surface area contributed by atoms with Gasteiger partial charge in [-0.1, -0.05) is 72.8 Å². The zero-order valence-corrected chi connectivity index (χ0v) is 25.1. The number of benzene rings is 5. The lowest BCUT2D eigenvalue weighted by Gasteiger charge is -2.14. The van der Waals surface area contributed by atoms with E-state index in [0.717, 1.165) is 21.2 Å². The van der Waals surface area contributed by atoms with Crippen LogP contribution in [0, 0.1) is 0 Å². The van der Waals surface area contributed by atoms with Gasteiger partial charge in [0.2, 0.25) is 5.91 Å². The predicted molar refractivity (Wildman–Crippen MR) is 180 cm³/mol. The Kier molecular flexibility index (Phi) is 9.71. The number of hydrogen-bond acceptors (Lipinski definition) is 5. The molecule has 0 radical (unpaired) electrons. The topological polar surface area (TPSA) is 130 Å². The minimum Gasteiger partial charge on any atom is -0.366 e. The first-order valence-corrected chi connectivity index (χ1v) is 15.0. The maximum atomic E-state index is 13.5. The van der Waals surface area contributed by atoms with Crippen LogP contribution < -0.4 is 21.7 Å². The first kappa shape index (κ1) is 30.8. The third-order valence-corrected chi connectivity index (χ3v) is 8.01. The molecular weight excluding hydrogens is 584 g/mol. The molecule has 0 saturated heterocycles. The van der Waals surface area contributed by atoms with E-state index < -0.39 is 23.0 Å². The smallest absolute Gasteiger partial charge is 0.272 e. The predicted octanol–water partition coefficient (Wildman–Crippen LogP) is 6.47. The monoisotopic (exact) mass is 614 g/mol. The minimum absolute atomic E-state index is 0.0835. The van der Waals surface area contributed by atoms with Crippen LogP contribution in [0.15, 0.2) is 132 Å². The van der Waals surface area contributed by atoms with Crippen molar-refractivity contribution in [3.05, 3.63) is 144 Å². The third-order valence-electron chi connectivity index (χ3n) is 6.90. The van der Waals surface area contributed by atoms with E-state index in [1.54, 1.807) is 85.8 Å². The lowest BCUT2D eigenvalue weighted by molar-refractivity contribution is -0.115. The maximum Gasteiger partial charge on any atom is 0.272 e. The molecular formula is C36H30N4O4S. The fraction of sp³-hybridized carbons (Fsp3) is 0.0556. The molecule has 4 amide bonds. The van der Waals surface area contributed by atoms with Gasteiger partial charge >= 0.3 is 0 Å². The summed E-state index contributed by atoms with van der Waals surface area (Å²) in [5.41, 5.74) is 7.80. The van der Waals surface area contributed by atoms with Gasteiger partial charge in [0.1, 0.15) is 5.70 Å². The number of anilines is 2. The summed E-state index contributed by atoms with van der Waals surface area (Å²) >= 11 is 1.32.